The van der Waals surface area contributed by atoms with Crippen LogP contribution < -0.4 is 4.74 Å². The van der Waals surface area contributed by atoms with E-state index in [4.69, 9.17) is 26.2 Å². The lowest BCUT2D eigenvalue weighted by atomic mass is 9.96. The van der Waals surface area contributed by atoms with Crippen molar-refractivity contribution in [2.75, 3.05) is 20.2 Å². The highest BCUT2D eigenvalue weighted by atomic mass is 35.5. The molecule has 0 aliphatic heterocycles. The van der Waals surface area contributed by atoms with Gasteiger partial charge in [-0.2, -0.15) is 0 Å². The van der Waals surface area contributed by atoms with Crippen molar-refractivity contribution in [3.8, 4) is 16.9 Å². The molecule has 4 atom stereocenters. The first-order valence-corrected chi connectivity index (χ1v) is 18.4. The molecule has 6 rings (SSSR count). The quantitative estimate of drug-likeness (QED) is 0.0943. The number of carbonyl (C=O) groups is 1. The summed E-state index contributed by atoms with van der Waals surface area (Å²) in [6.45, 7) is -0.721. The number of aromatic nitrogens is 1. The number of hydrogen-bond acceptors (Lipinski definition) is 10. The summed E-state index contributed by atoms with van der Waals surface area (Å²) in [6, 6.07) is 23.2. The van der Waals surface area contributed by atoms with Gasteiger partial charge in [-0.15, -0.1) is 11.8 Å². The summed E-state index contributed by atoms with van der Waals surface area (Å²) in [4.78, 5) is 19.6. The number of carbonyl (C=O) groups excluding carboxylic acids is 1. The van der Waals surface area contributed by atoms with Crippen molar-refractivity contribution in [1.82, 2.24) is 9.88 Å². The van der Waals surface area contributed by atoms with E-state index in [1.165, 1.54) is 11.9 Å². The number of ether oxygens (including phenoxy) is 2. The first-order valence-electron chi connectivity index (χ1n) is 17.0. The summed E-state index contributed by atoms with van der Waals surface area (Å²) < 4.78 is 12.9. The minimum atomic E-state index is -1.76. The standard InChI is InChI=1S/C39H43ClN2O8S/c1-42(20-33(44)36(46)37(47)34(45)21-43)38(48)25-8-6-24(7-9-25)23-51-28-12-13-32(40)26(18-28)22-49-39(15-16-39)31-19-41-17-14-29(31)30-4-2-3-5-35(30)50-27-10-11-27/h2-9,12-14,17-19,27,33-34,36-37,43-47H,10-11,15-16,20-23H2,1H3/t33-,34+,36+,37+/m0/s1. The Hall–Kier alpha value is -3.52. The third-order valence-electron chi connectivity index (χ3n) is 9.27. The number of hydrogen-bond donors (Lipinski definition) is 5. The third kappa shape index (κ3) is 9.11. The number of pyridine rings is 1. The van der Waals surface area contributed by atoms with Crippen LogP contribution in [0.15, 0.2) is 90.1 Å². The molecule has 0 spiro atoms. The molecular formula is C39H43ClN2O8S. The lowest BCUT2D eigenvalue weighted by Crippen LogP contribution is -2.49. The largest absolute Gasteiger partial charge is 0.490 e. The number of benzene rings is 3. The summed E-state index contributed by atoms with van der Waals surface area (Å²) in [7, 11) is 1.46. The first kappa shape index (κ1) is 37.2. The fraction of sp³-hybridized carbons (Fsp3) is 0.385. The monoisotopic (exact) mass is 734 g/mol. The van der Waals surface area contributed by atoms with E-state index >= 15 is 0 Å². The molecule has 1 amide bonds. The maximum absolute atomic E-state index is 12.9. The van der Waals surface area contributed by atoms with Gasteiger partial charge >= 0.3 is 0 Å². The van der Waals surface area contributed by atoms with Crippen molar-refractivity contribution >= 4 is 29.3 Å². The molecule has 2 aliphatic carbocycles. The molecule has 1 heterocycles. The van der Waals surface area contributed by atoms with E-state index < -0.39 is 36.6 Å². The average molecular weight is 735 g/mol. The zero-order valence-electron chi connectivity index (χ0n) is 28.3. The zero-order valence-corrected chi connectivity index (χ0v) is 29.8. The van der Waals surface area contributed by atoms with E-state index in [9.17, 15) is 25.2 Å². The lowest BCUT2D eigenvalue weighted by Gasteiger charge is -2.28. The third-order valence-corrected chi connectivity index (χ3v) is 10.7. The maximum atomic E-state index is 12.9. The zero-order chi connectivity index (χ0) is 36.1. The molecule has 0 saturated heterocycles. The summed E-state index contributed by atoms with van der Waals surface area (Å²) in [5.74, 6) is 1.14. The molecule has 5 N–H and O–H groups in total. The van der Waals surface area contributed by atoms with Crippen LogP contribution >= 0.6 is 23.4 Å². The van der Waals surface area contributed by atoms with Crippen LogP contribution in [0.5, 0.6) is 5.75 Å². The predicted molar refractivity (Wildman–Crippen MR) is 195 cm³/mol. The Balaban J connectivity index is 1.05. The van der Waals surface area contributed by atoms with Crippen LogP contribution in [0, 0.1) is 0 Å². The second kappa shape index (κ2) is 16.4. The molecule has 2 saturated carbocycles. The smallest absolute Gasteiger partial charge is 0.253 e. The van der Waals surface area contributed by atoms with Gasteiger partial charge in [0.2, 0.25) is 0 Å². The van der Waals surface area contributed by atoms with Gasteiger partial charge in [0, 0.05) is 58.3 Å². The lowest BCUT2D eigenvalue weighted by molar-refractivity contribution is -0.117. The molecule has 0 bridgehead atoms. The fourth-order valence-electron chi connectivity index (χ4n) is 5.89. The Morgan fingerprint density at radius 2 is 1.71 bits per heavy atom. The van der Waals surface area contributed by atoms with Crippen molar-refractivity contribution in [3.63, 3.8) is 0 Å². The Morgan fingerprint density at radius 3 is 2.41 bits per heavy atom. The second-order valence-corrected chi connectivity index (χ2v) is 14.7. The van der Waals surface area contributed by atoms with Gasteiger partial charge in [-0.05, 0) is 84.8 Å². The SMILES string of the molecule is CN(C[C@H](O)[C@@H](O)[C@H](O)[C@H](O)CO)C(=O)c1ccc(CSc2ccc(Cl)c(COC3(c4cnccc4-c4ccccc4OC4CC4)CC3)c2)cc1. The van der Waals surface area contributed by atoms with Gasteiger partial charge in [0.25, 0.3) is 5.91 Å². The summed E-state index contributed by atoms with van der Waals surface area (Å²) in [6.07, 6.45) is 1.31. The van der Waals surface area contributed by atoms with Gasteiger partial charge in [-0.3, -0.25) is 9.78 Å². The number of aliphatic hydroxyl groups excluding tert-OH is 5. The van der Waals surface area contributed by atoms with E-state index in [1.54, 1.807) is 23.9 Å². The molecule has 270 valence electrons. The van der Waals surface area contributed by atoms with E-state index in [2.05, 4.69) is 17.1 Å². The maximum Gasteiger partial charge on any atom is 0.253 e. The number of rotatable bonds is 17. The highest BCUT2D eigenvalue weighted by Gasteiger charge is 2.48. The van der Waals surface area contributed by atoms with E-state index in [0.717, 1.165) is 64.1 Å². The Morgan fingerprint density at radius 1 is 0.980 bits per heavy atom. The van der Waals surface area contributed by atoms with E-state index in [1.807, 2.05) is 60.9 Å². The number of nitrogens with zero attached hydrogens (tertiary/aromatic N) is 2. The number of thioether (sulfide) groups is 1. The van der Waals surface area contributed by atoms with Crippen LogP contribution in [-0.4, -0.2) is 92.0 Å². The van der Waals surface area contributed by atoms with Crippen LogP contribution in [0.4, 0.5) is 0 Å². The van der Waals surface area contributed by atoms with Gasteiger partial charge in [-0.1, -0.05) is 41.9 Å². The molecule has 12 heteroatoms. The molecule has 4 aromatic rings. The van der Waals surface area contributed by atoms with Crippen LogP contribution in [0.2, 0.25) is 5.02 Å². The first-order chi connectivity index (χ1) is 24.6. The molecule has 0 radical (unpaired) electrons. The van der Waals surface area contributed by atoms with Crippen molar-refractivity contribution in [1.29, 1.82) is 0 Å². The summed E-state index contributed by atoms with van der Waals surface area (Å²) >= 11 is 8.29. The topological polar surface area (TPSA) is 153 Å². The van der Waals surface area contributed by atoms with Gasteiger partial charge in [0.15, 0.2) is 0 Å². The second-order valence-electron chi connectivity index (χ2n) is 13.2. The van der Waals surface area contributed by atoms with Crippen LogP contribution in [0.25, 0.3) is 11.1 Å². The molecule has 2 fully saturated rings. The van der Waals surface area contributed by atoms with E-state index in [0.29, 0.717) is 22.9 Å². The van der Waals surface area contributed by atoms with E-state index in [-0.39, 0.29) is 18.6 Å². The van der Waals surface area contributed by atoms with Crippen molar-refractivity contribution < 1.29 is 39.8 Å². The average Bonchev–Trinajstić information content (AvgIpc) is 4.11. The fourth-order valence-corrected chi connectivity index (χ4v) is 6.98. The number of aliphatic hydroxyl groups is 5. The minimum absolute atomic E-state index is 0.288. The summed E-state index contributed by atoms with van der Waals surface area (Å²) in [5.41, 5.74) is 5.00. The minimum Gasteiger partial charge on any atom is -0.490 e. The molecule has 1 aromatic heterocycles. The normalized spacial score (nSPS) is 17.3. The predicted octanol–water partition coefficient (Wildman–Crippen LogP) is 4.95. The highest BCUT2D eigenvalue weighted by Crippen LogP contribution is 2.53. The van der Waals surface area contributed by atoms with Crippen molar-refractivity contribution in [2.45, 2.75) is 79.1 Å². The van der Waals surface area contributed by atoms with Gasteiger partial charge in [0.05, 0.1) is 24.9 Å². The highest BCUT2D eigenvalue weighted by molar-refractivity contribution is 7.98. The summed E-state index contributed by atoms with van der Waals surface area (Å²) in [5, 5.41) is 49.3. The molecule has 3 aromatic carbocycles. The van der Waals surface area contributed by atoms with Gasteiger partial charge in [0.1, 0.15) is 30.2 Å². The van der Waals surface area contributed by atoms with Crippen LogP contribution in [0.3, 0.4) is 0 Å². The Labute approximate surface area is 306 Å². The molecule has 10 nitrogen and oxygen atoms in total. The molecule has 2 aliphatic rings. The van der Waals surface area contributed by atoms with Crippen LogP contribution in [-0.2, 0) is 22.7 Å². The Kier molecular flexibility index (Phi) is 12.0. The van der Waals surface area contributed by atoms with Crippen LogP contribution in [0.1, 0.15) is 52.7 Å². The van der Waals surface area contributed by atoms with Gasteiger partial charge in [-0.25, -0.2) is 0 Å². The number of halogens is 1. The molecule has 0 unspecified atom stereocenters. The number of likely N-dealkylation sites (N-methyl/N-ethyl adjacent to an activating group) is 1. The molecular weight excluding hydrogens is 692 g/mol. The van der Waals surface area contributed by atoms with Crippen molar-refractivity contribution in [2.24, 2.45) is 0 Å². The number of amides is 1. The van der Waals surface area contributed by atoms with Gasteiger partial charge < -0.3 is 39.9 Å². The molecule has 51 heavy (non-hydrogen) atoms. The number of para-hydroxylation sites is 1. The van der Waals surface area contributed by atoms with Crippen molar-refractivity contribution in [3.05, 3.63) is 112 Å². The Bertz CT molecular complexity index is 1800.